The Bertz CT molecular complexity index is 759. The molecule has 2 N–H and O–H groups in total. The van der Waals surface area contributed by atoms with Crippen molar-refractivity contribution in [3.63, 3.8) is 0 Å². The first-order valence-corrected chi connectivity index (χ1v) is 8.67. The molecule has 27 heavy (non-hydrogen) atoms. The number of nitrogens with one attached hydrogen (secondary N) is 1. The van der Waals surface area contributed by atoms with E-state index < -0.39 is 0 Å². The SMILES string of the molecule is CCCCOc1ccc(OCC(=O)N/N=C\c2ccc(O)c(OC)c2)cc1. The first kappa shape index (κ1) is 20.1. The lowest BCUT2D eigenvalue weighted by atomic mass is 10.2. The predicted octanol–water partition coefficient (Wildman–Crippen LogP) is 3.11. The van der Waals surface area contributed by atoms with Gasteiger partial charge in [-0.15, -0.1) is 0 Å². The smallest absolute Gasteiger partial charge is 0.277 e. The zero-order valence-electron chi connectivity index (χ0n) is 15.5. The molecule has 0 unspecified atom stereocenters. The van der Waals surface area contributed by atoms with Crippen LogP contribution in [-0.4, -0.2) is 37.6 Å². The van der Waals surface area contributed by atoms with Crippen LogP contribution in [0.25, 0.3) is 0 Å². The Morgan fingerprint density at radius 3 is 2.52 bits per heavy atom. The Morgan fingerprint density at radius 2 is 1.85 bits per heavy atom. The van der Waals surface area contributed by atoms with Crippen LogP contribution in [0.5, 0.6) is 23.0 Å². The van der Waals surface area contributed by atoms with Crippen molar-refractivity contribution >= 4 is 12.1 Å². The van der Waals surface area contributed by atoms with Crippen LogP contribution in [-0.2, 0) is 4.79 Å². The Labute approximate surface area is 158 Å². The molecule has 0 aliphatic rings. The number of phenolic OH excluding ortho intramolecular Hbond substituents is 1. The number of nitrogens with zero attached hydrogens (tertiary/aromatic N) is 1. The largest absolute Gasteiger partial charge is 0.504 e. The molecule has 0 aliphatic carbocycles. The number of amides is 1. The van der Waals surface area contributed by atoms with Crippen molar-refractivity contribution in [3.05, 3.63) is 48.0 Å². The van der Waals surface area contributed by atoms with E-state index >= 15 is 0 Å². The highest BCUT2D eigenvalue weighted by atomic mass is 16.5. The molecule has 0 bridgehead atoms. The van der Waals surface area contributed by atoms with Crippen LogP contribution in [0.1, 0.15) is 25.3 Å². The van der Waals surface area contributed by atoms with Gasteiger partial charge in [0, 0.05) is 0 Å². The van der Waals surface area contributed by atoms with Crippen LogP contribution in [0.2, 0.25) is 0 Å². The highest BCUT2D eigenvalue weighted by Gasteiger charge is 2.03. The lowest BCUT2D eigenvalue weighted by Crippen LogP contribution is -2.24. The molecule has 0 saturated carbocycles. The zero-order valence-corrected chi connectivity index (χ0v) is 15.5. The van der Waals surface area contributed by atoms with Crippen LogP contribution >= 0.6 is 0 Å². The van der Waals surface area contributed by atoms with Crippen LogP contribution in [0.3, 0.4) is 0 Å². The number of carbonyl (C=O) groups is 1. The van der Waals surface area contributed by atoms with Gasteiger partial charge in [0.2, 0.25) is 0 Å². The Kier molecular flexibility index (Phi) is 7.96. The van der Waals surface area contributed by atoms with E-state index in [0.717, 1.165) is 18.6 Å². The molecule has 0 aromatic heterocycles. The molecule has 2 aromatic carbocycles. The number of rotatable bonds is 10. The average molecular weight is 372 g/mol. The van der Waals surface area contributed by atoms with E-state index in [1.165, 1.54) is 19.4 Å². The molecule has 0 atom stereocenters. The lowest BCUT2D eigenvalue weighted by molar-refractivity contribution is -0.123. The van der Waals surface area contributed by atoms with Crippen molar-refractivity contribution in [2.24, 2.45) is 5.10 Å². The summed E-state index contributed by atoms with van der Waals surface area (Å²) in [5, 5.41) is 13.4. The number of hydrogen-bond acceptors (Lipinski definition) is 6. The zero-order chi connectivity index (χ0) is 19.5. The van der Waals surface area contributed by atoms with Gasteiger partial charge in [-0.25, -0.2) is 5.43 Å². The maximum Gasteiger partial charge on any atom is 0.277 e. The van der Waals surface area contributed by atoms with Crippen LogP contribution in [0.4, 0.5) is 0 Å². The van der Waals surface area contributed by atoms with Crippen molar-refractivity contribution < 1.29 is 24.1 Å². The molecule has 1 amide bonds. The molecular weight excluding hydrogens is 348 g/mol. The molecule has 0 radical (unpaired) electrons. The third-order valence-electron chi connectivity index (χ3n) is 3.57. The number of phenols is 1. The molecule has 7 nitrogen and oxygen atoms in total. The quantitative estimate of drug-likeness (QED) is 0.380. The summed E-state index contributed by atoms with van der Waals surface area (Å²) in [6.45, 7) is 2.63. The maximum atomic E-state index is 11.8. The maximum absolute atomic E-state index is 11.8. The second-order valence-corrected chi connectivity index (χ2v) is 5.69. The fourth-order valence-electron chi connectivity index (χ4n) is 2.10. The second-order valence-electron chi connectivity index (χ2n) is 5.69. The highest BCUT2D eigenvalue weighted by molar-refractivity contribution is 5.83. The number of unbranched alkanes of at least 4 members (excludes halogenated alkanes) is 1. The van der Waals surface area contributed by atoms with Crippen molar-refractivity contribution in [1.29, 1.82) is 0 Å². The third kappa shape index (κ3) is 6.89. The first-order valence-electron chi connectivity index (χ1n) is 8.67. The molecular formula is C20H24N2O5. The average Bonchev–Trinajstić information content (AvgIpc) is 2.69. The highest BCUT2D eigenvalue weighted by Crippen LogP contribution is 2.25. The standard InChI is InChI=1S/C20H24N2O5/c1-3-4-11-26-16-6-8-17(9-7-16)27-14-20(24)22-21-13-15-5-10-18(23)19(12-15)25-2/h5-10,12-13,23H,3-4,11,14H2,1-2H3,(H,22,24)/b21-13-. The van der Waals surface area contributed by atoms with Gasteiger partial charge in [-0.2, -0.15) is 5.10 Å². The first-order chi connectivity index (χ1) is 13.1. The van der Waals surface area contributed by atoms with Gasteiger partial charge in [-0.3, -0.25) is 4.79 Å². The molecule has 2 rings (SSSR count). The molecule has 2 aromatic rings. The minimum absolute atomic E-state index is 0.0360. The monoisotopic (exact) mass is 372 g/mol. The van der Waals surface area contributed by atoms with Crippen molar-refractivity contribution in [3.8, 4) is 23.0 Å². The second kappa shape index (κ2) is 10.7. The fourth-order valence-corrected chi connectivity index (χ4v) is 2.10. The summed E-state index contributed by atoms with van der Waals surface area (Å²) in [6, 6.07) is 11.8. The molecule has 0 aliphatic heterocycles. The summed E-state index contributed by atoms with van der Waals surface area (Å²) in [5.41, 5.74) is 3.05. The van der Waals surface area contributed by atoms with Gasteiger partial charge >= 0.3 is 0 Å². The number of benzene rings is 2. The van der Waals surface area contributed by atoms with Gasteiger partial charge in [-0.1, -0.05) is 13.3 Å². The number of methoxy groups -OCH3 is 1. The van der Waals surface area contributed by atoms with Crippen LogP contribution in [0.15, 0.2) is 47.6 Å². The summed E-state index contributed by atoms with van der Waals surface area (Å²) < 4.78 is 16.0. The normalized spacial score (nSPS) is 10.6. The fraction of sp³-hybridized carbons (Fsp3) is 0.300. The molecule has 0 saturated heterocycles. The summed E-state index contributed by atoms with van der Waals surface area (Å²) in [6.07, 6.45) is 3.54. The molecule has 144 valence electrons. The van der Waals surface area contributed by atoms with E-state index in [4.69, 9.17) is 14.2 Å². The number of carbonyl (C=O) groups excluding carboxylic acids is 1. The van der Waals surface area contributed by atoms with E-state index in [9.17, 15) is 9.90 Å². The molecule has 0 heterocycles. The number of hydrazone groups is 1. The molecule has 7 heteroatoms. The van der Waals surface area contributed by atoms with Gasteiger partial charge in [0.25, 0.3) is 5.91 Å². The van der Waals surface area contributed by atoms with E-state index in [0.29, 0.717) is 23.7 Å². The summed E-state index contributed by atoms with van der Waals surface area (Å²) in [4.78, 5) is 11.8. The third-order valence-corrected chi connectivity index (χ3v) is 3.57. The predicted molar refractivity (Wildman–Crippen MR) is 103 cm³/mol. The van der Waals surface area contributed by atoms with Gasteiger partial charge in [0.05, 0.1) is 19.9 Å². The van der Waals surface area contributed by atoms with Crippen LogP contribution < -0.4 is 19.6 Å². The van der Waals surface area contributed by atoms with E-state index in [1.54, 1.807) is 36.4 Å². The van der Waals surface area contributed by atoms with E-state index in [1.807, 2.05) is 0 Å². The Balaban J connectivity index is 1.75. The van der Waals surface area contributed by atoms with Gasteiger partial charge < -0.3 is 19.3 Å². The van der Waals surface area contributed by atoms with Crippen molar-refractivity contribution in [2.75, 3.05) is 20.3 Å². The minimum Gasteiger partial charge on any atom is -0.504 e. The van der Waals surface area contributed by atoms with Gasteiger partial charge in [-0.05, 0) is 54.4 Å². The van der Waals surface area contributed by atoms with Crippen molar-refractivity contribution in [1.82, 2.24) is 5.43 Å². The van der Waals surface area contributed by atoms with Crippen LogP contribution in [0, 0.1) is 0 Å². The Morgan fingerprint density at radius 1 is 1.15 bits per heavy atom. The topological polar surface area (TPSA) is 89.4 Å². The number of ether oxygens (including phenoxy) is 3. The Hall–Kier alpha value is -3.22. The summed E-state index contributed by atoms with van der Waals surface area (Å²) in [5.74, 6) is 1.32. The number of aromatic hydroxyl groups is 1. The lowest BCUT2D eigenvalue weighted by Gasteiger charge is -2.08. The van der Waals surface area contributed by atoms with Crippen molar-refractivity contribution in [2.45, 2.75) is 19.8 Å². The number of hydrogen-bond donors (Lipinski definition) is 2. The summed E-state index contributed by atoms with van der Waals surface area (Å²) >= 11 is 0. The molecule has 0 spiro atoms. The van der Waals surface area contributed by atoms with E-state index in [-0.39, 0.29) is 18.3 Å². The van der Waals surface area contributed by atoms with Gasteiger partial charge in [0.15, 0.2) is 18.1 Å². The minimum atomic E-state index is -0.389. The van der Waals surface area contributed by atoms with E-state index in [2.05, 4.69) is 17.5 Å². The molecule has 0 fully saturated rings. The van der Waals surface area contributed by atoms with Gasteiger partial charge in [0.1, 0.15) is 11.5 Å². The summed E-state index contributed by atoms with van der Waals surface area (Å²) in [7, 11) is 1.46.